The Bertz CT molecular complexity index is 325. The van der Waals surface area contributed by atoms with E-state index in [0.29, 0.717) is 12.0 Å². The summed E-state index contributed by atoms with van der Waals surface area (Å²) in [7, 11) is 0. The van der Waals surface area contributed by atoms with Gasteiger partial charge in [-0.1, -0.05) is 0 Å². The Kier molecular flexibility index (Phi) is 1.77. The van der Waals surface area contributed by atoms with Crippen molar-refractivity contribution >= 4 is 5.95 Å². The van der Waals surface area contributed by atoms with E-state index in [4.69, 9.17) is 5.73 Å². The lowest BCUT2D eigenvalue weighted by Gasteiger charge is -2.45. The topological polar surface area (TPSA) is 47.1 Å². The molecular weight excluding hydrogens is 176 g/mol. The summed E-state index contributed by atoms with van der Waals surface area (Å²) in [6, 6.07) is 0.569. The zero-order chi connectivity index (χ0) is 9.54. The molecule has 0 saturated carbocycles. The Hall–Kier alpha value is -1.03. The summed E-state index contributed by atoms with van der Waals surface area (Å²) < 4.78 is 2.15. The molecule has 0 aromatic carbocycles. The maximum absolute atomic E-state index is 5.84. The number of rotatable bonds is 1. The van der Waals surface area contributed by atoms with Crippen LogP contribution in [-0.2, 0) is 0 Å². The number of piperidine rings is 3. The molecule has 3 aliphatic heterocycles. The number of hydrogen-bond acceptors (Lipinski definition) is 3. The Morgan fingerprint density at radius 3 is 2.64 bits per heavy atom. The molecule has 2 N–H and O–H groups in total. The van der Waals surface area contributed by atoms with Gasteiger partial charge in [0.15, 0.2) is 5.95 Å². The Morgan fingerprint density at radius 2 is 2.14 bits per heavy atom. The third-order valence-corrected chi connectivity index (χ3v) is 3.68. The fourth-order valence-corrected chi connectivity index (χ4v) is 2.85. The molecular formula is C10H16N4. The number of nitrogen functional groups attached to an aromatic ring is 1. The van der Waals surface area contributed by atoms with Gasteiger partial charge in [-0.2, -0.15) is 0 Å². The number of anilines is 1. The first-order chi connectivity index (χ1) is 6.84. The third kappa shape index (κ3) is 1.14. The van der Waals surface area contributed by atoms with Crippen molar-refractivity contribution < 1.29 is 0 Å². The van der Waals surface area contributed by atoms with Gasteiger partial charge in [-0.3, -0.25) is 0 Å². The minimum atomic E-state index is 0.569. The highest BCUT2D eigenvalue weighted by Crippen LogP contribution is 2.36. The predicted molar refractivity (Wildman–Crippen MR) is 54.8 cm³/mol. The van der Waals surface area contributed by atoms with Crippen LogP contribution in [0, 0.1) is 5.92 Å². The van der Waals surface area contributed by atoms with Crippen molar-refractivity contribution in [2.75, 3.05) is 25.4 Å². The molecule has 4 heterocycles. The van der Waals surface area contributed by atoms with Crippen molar-refractivity contribution in [2.45, 2.75) is 18.9 Å². The van der Waals surface area contributed by atoms with Crippen molar-refractivity contribution in [1.82, 2.24) is 14.5 Å². The summed E-state index contributed by atoms with van der Waals surface area (Å²) in [4.78, 5) is 6.63. The van der Waals surface area contributed by atoms with Crippen molar-refractivity contribution in [1.29, 1.82) is 0 Å². The average Bonchev–Trinajstić information content (AvgIpc) is 2.66. The van der Waals surface area contributed by atoms with Gasteiger partial charge < -0.3 is 15.2 Å². The molecule has 4 nitrogen and oxygen atoms in total. The van der Waals surface area contributed by atoms with Crippen LogP contribution in [0.5, 0.6) is 0 Å². The standard InChI is InChI=1S/C10H16N4/c11-10-12-3-6-14(10)9-7-13-4-1-8(9)2-5-13/h3,6,8-9H,1-2,4-5,7H2,(H2,11,12). The van der Waals surface area contributed by atoms with E-state index in [1.807, 2.05) is 6.20 Å². The second-order valence-electron chi connectivity index (χ2n) is 4.40. The second-order valence-corrected chi connectivity index (χ2v) is 4.40. The van der Waals surface area contributed by atoms with Gasteiger partial charge in [0.05, 0.1) is 6.04 Å². The molecule has 0 spiro atoms. The minimum Gasteiger partial charge on any atom is -0.369 e. The van der Waals surface area contributed by atoms with Gasteiger partial charge in [0.2, 0.25) is 0 Å². The van der Waals surface area contributed by atoms with Crippen molar-refractivity contribution in [2.24, 2.45) is 5.92 Å². The fraction of sp³-hybridized carbons (Fsp3) is 0.700. The summed E-state index contributed by atoms with van der Waals surface area (Å²) >= 11 is 0. The molecule has 0 amide bonds. The van der Waals surface area contributed by atoms with Crippen LogP contribution in [0.25, 0.3) is 0 Å². The lowest BCUT2D eigenvalue weighted by Crippen LogP contribution is -2.48. The normalized spacial score (nSPS) is 36.1. The molecule has 4 rings (SSSR count). The molecule has 4 heteroatoms. The van der Waals surface area contributed by atoms with Gasteiger partial charge in [-0.05, 0) is 31.8 Å². The molecule has 76 valence electrons. The summed E-state index contributed by atoms with van der Waals surface area (Å²) in [5.74, 6) is 1.49. The summed E-state index contributed by atoms with van der Waals surface area (Å²) in [5, 5.41) is 0. The quantitative estimate of drug-likeness (QED) is 0.713. The predicted octanol–water partition coefficient (Wildman–Crippen LogP) is 0.732. The van der Waals surface area contributed by atoms with Crippen molar-refractivity contribution in [3.63, 3.8) is 0 Å². The Labute approximate surface area is 83.7 Å². The largest absolute Gasteiger partial charge is 0.369 e. The summed E-state index contributed by atoms with van der Waals surface area (Å²) in [6.07, 6.45) is 6.46. The number of imidazole rings is 1. The molecule has 0 radical (unpaired) electrons. The van der Waals surface area contributed by atoms with Crippen LogP contribution < -0.4 is 5.73 Å². The minimum absolute atomic E-state index is 0.569. The van der Waals surface area contributed by atoms with Gasteiger partial charge in [-0.15, -0.1) is 0 Å². The van der Waals surface area contributed by atoms with E-state index in [0.717, 1.165) is 12.5 Å². The molecule has 3 aliphatic rings. The van der Waals surface area contributed by atoms with Gasteiger partial charge >= 0.3 is 0 Å². The first kappa shape index (κ1) is 8.29. The molecule has 2 bridgehead atoms. The smallest absolute Gasteiger partial charge is 0.200 e. The lowest BCUT2D eigenvalue weighted by molar-refractivity contribution is 0.0580. The molecule has 0 aliphatic carbocycles. The first-order valence-electron chi connectivity index (χ1n) is 5.35. The number of hydrogen-bond donors (Lipinski definition) is 1. The van der Waals surface area contributed by atoms with E-state index in [1.165, 1.54) is 25.9 Å². The van der Waals surface area contributed by atoms with Crippen molar-refractivity contribution in [3.8, 4) is 0 Å². The van der Waals surface area contributed by atoms with Gasteiger partial charge in [0.25, 0.3) is 0 Å². The maximum Gasteiger partial charge on any atom is 0.200 e. The number of aromatic nitrogens is 2. The molecule has 14 heavy (non-hydrogen) atoms. The van der Waals surface area contributed by atoms with E-state index in [1.54, 1.807) is 6.20 Å². The summed E-state index contributed by atoms with van der Waals surface area (Å²) in [6.45, 7) is 3.71. The maximum atomic E-state index is 5.84. The second kappa shape index (κ2) is 2.98. The summed E-state index contributed by atoms with van der Waals surface area (Å²) in [5.41, 5.74) is 5.84. The average molecular weight is 192 g/mol. The Balaban J connectivity index is 1.89. The van der Waals surface area contributed by atoms with Gasteiger partial charge in [0.1, 0.15) is 0 Å². The fourth-order valence-electron chi connectivity index (χ4n) is 2.85. The van der Waals surface area contributed by atoms with Crippen LogP contribution in [-0.4, -0.2) is 34.1 Å². The monoisotopic (exact) mass is 192 g/mol. The van der Waals surface area contributed by atoms with Crippen LogP contribution in [0.15, 0.2) is 12.4 Å². The molecule has 1 aromatic rings. The zero-order valence-corrected chi connectivity index (χ0v) is 8.26. The Morgan fingerprint density at radius 1 is 1.36 bits per heavy atom. The first-order valence-corrected chi connectivity index (χ1v) is 5.35. The van der Waals surface area contributed by atoms with Gasteiger partial charge in [0, 0.05) is 18.9 Å². The van der Waals surface area contributed by atoms with Crippen LogP contribution in [0.3, 0.4) is 0 Å². The molecule has 1 aromatic heterocycles. The van der Waals surface area contributed by atoms with Crippen molar-refractivity contribution in [3.05, 3.63) is 12.4 Å². The highest BCUT2D eigenvalue weighted by atomic mass is 15.2. The highest BCUT2D eigenvalue weighted by molar-refractivity contribution is 5.19. The van der Waals surface area contributed by atoms with E-state index < -0.39 is 0 Å². The highest BCUT2D eigenvalue weighted by Gasteiger charge is 2.35. The zero-order valence-electron chi connectivity index (χ0n) is 8.26. The molecule has 3 fully saturated rings. The van der Waals surface area contributed by atoms with Crippen LogP contribution in [0.1, 0.15) is 18.9 Å². The van der Waals surface area contributed by atoms with Crippen LogP contribution in [0.2, 0.25) is 0 Å². The molecule has 3 saturated heterocycles. The van der Waals surface area contributed by atoms with Crippen LogP contribution in [0.4, 0.5) is 5.95 Å². The number of nitrogens with two attached hydrogens (primary N) is 1. The molecule has 1 atom stereocenters. The van der Waals surface area contributed by atoms with E-state index in [9.17, 15) is 0 Å². The number of nitrogens with zero attached hydrogens (tertiary/aromatic N) is 3. The van der Waals surface area contributed by atoms with E-state index >= 15 is 0 Å². The van der Waals surface area contributed by atoms with E-state index in [-0.39, 0.29) is 0 Å². The van der Waals surface area contributed by atoms with Gasteiger partial charge in [-0.25, -0.2) is 4.98 Å². The SMILES string of the molecule is Nc1nccn1C1CN2CCC1CC2. The van der Waals surface area contributed by atoms with Crippen LogP contribution >= 0.6 is 0 Å². The molecule has 1 unspecified atom stereocenters. The number of fused-ring (bicyclic) bond motifs is 3. The van der Waals surface area contributed by atoms with E-state index in [2.05, 4.69) is 14.5 Å². The third-order valence-electron chi connectivity index (χ3n) is 3.68. The lowest BCUT2D eigenvalue weighted by atomic mass is 9.84.